The van der Waals surface area contributed by atoms with E-state index in [-0.39, 0.29) is 13.2 Å². The molecule has 5 rings (SSSR count). The van der Waals surface area contributed by atoms with Gasteiger partial charge >= 0.3 is 0 Å². The van der Waals surface area contributed by atoms with Crippen LogP contribution in [0.5, 0.6) is 5.75 Å². The Balaban J connectivity index is 1.51. The highest BCUT2D eigenvalue weighted by atomic mass is 35.5. The van der Waals surface area contributed by atoms with Gasteiger partial charge in [-0.15, -0.1) is 0 Å². The van der Waals surface area contributed by atoms with Gasteiger partial charge in [-0.2, -0.15) is 5.26 Å². The highest BCUT2D eigenvalue weighted by Gasteiger charge is 2.26. The quantitative estimate of drug-likeness (QED) is 0.178. The molecule has 0 amide bonds. The van der Waals surface area contributed by atoms with E-state index in [4.69, 9.17) is 37.4 Å². The Kier molecular flexibility index (Phi) is 8.33. The van der Waals surface area contributed by atoms with E-state index in [1.54, 1.807) is 30.5 Å². The number of nitrogens with zero attached hydrogens (tertiary/aromatic N) is 5. The molecule has 2 aromatic heterocycles. The number of halogens is 1. The van der Waals surface area contributed by atoms with Crippen molar-refractivity contribution < 1.29 is 14.3 Å². The number of thioether (sulfide) groups is 1. The highest BCUT2D eigenvalue weighted by Crippen LogP contribution is 2.45. The number of pyridine rings is 1. The Labute approximate surface area is 235 Å². The maximum Gasteiger partial charge on any atom is 0.237 e. The molecule has 0 spiro atoms. The van der Waals surface area contributed by atoms with Crippen molar-refractivity contribution in [3.05, 3.63) is 82.5 Å². The van der Waals surface area contributed by atoms with Gasteiger partial charge in [0, 0.05) is 35.0 Å². The molecule has 8 nitrogen and oxygen atoms in total. The summed E-state index contributed by atoms with van der Waals surface area (Å²) in [5, 5.41) is 20.5. The zero-order valence-electron chi connectivity index (χ0n) is 20.9. The van der Waals surface area contributed by atoms with Gasteiger partial charge in [0.25, 0.3) is 0 Å². The smallest absolute Gasteiger partial charge is 0.237 e. The Bertz CT molecular complexity index is 1540. The van der Waals surface area contributed by atoms with Gasteiger partial charge in [-0.25, -0.2) is 14.8 Å². The van der Waals surface area contributed by atoms with Crippen molar-refractivity contribution in [1.29, 1.82) is 5.26 Å². The maximum absolute atomic E-state index is 10.3. The van der Waals surface area contributed by atoms with Crippen LogP contribution in [0.15, 0.2) is 64.2 Å². The molecule has 0 saturated carbocycles. The predicted octanol–water partition coefficient (Wildman–Crippen LogP) is 6.74. The number of hydrogen-bond donors (Lipinski definition) is 1. The Morgan fingerprint density at radius 3 is 2.49 bits per heavy atom. The summed E-state index contributed by atoms with van der Waals surface area (Å²) in [5.41, 5.74) is 3.53. The predicted molar refractivity (Wildman–Crippen MR) is 151 cm³/mol. The number of aliphatic hydroxyl groups excluding tert-OH is 1. The third-order valence-electron chi connectivity index (χ3n) is 6.25. The molecule has 0 aliphatic carbocycles. The fraction of sp³-hybridized carbons (Fsp3) is 0.241. The second-order valence-electron chi connectivity index (χ2n) is 8.79. The summed E-state index contributed by atoms with van der Waals surface area (Å²) in [6.07, 6.45) is 3.66. The SMILES string of the molecule is [C-]#[N+]c1c(N2CCCC2)nc(SCc2coc(-c3ccc(Cl)cc3)n2)c(C#N)c1-c1ccc(OCCO)cc1. The fourth-order valence-corrected chi connectivity index (χ4v) is 5.39. The van der Waals surface area contributed by atoms with Crippen LogP contribution in [0.2, 0.25) is 5.02 Å². The minimum Gasteiger partial charge on any atom is -0.491 e. The first kappa shape index (κ1) is 26.6. The molecule has 196 valence electrons. The number of rotatable bonds is 9. The summed E-state index contributed by atoms with van der Waals surface area (Å²) in [6.45, 7) is 9.73. The molecule has 2 aromatic carbocycles. The molecule has 0 bridgehead atoms. The number of oxazole rings is 1. The number of aromatic nitrogens is 2. The van der Waals surface area contributed by atoms with E-state index < -0.39 is 0 Å². The first-order valence-corrected chi connectivity index (χ1v) is 13.8. The Morgan fingerprint density at radius 2 is 1.82 bits per heavy atom. The molecule has 1 aliphatic heterocycles. The average Bonchev–Trinajstić information content (AvgIpc) is 3.68. The normalized spacial score (nSPS) is 12.8. The standard InChI is InChI=1S/C29H24ClN5O3S/c1-32-26-25(19-6-10-23(11-7-19)37-15-14-36)24(16-31)29(34-27(26)35-12-2-3-13-35)39-18-22-17-38-28(33-22)20-4-8-21(30)9-5-20/h4-11,17,36H,2-3,12-15,18H2. The van der Waals surface area contributed by atoms with Crippen LogP contribution >= 0.6 is 23.4 Å². The largest absolute Gasteiger partial charge is 0.491 e. The van der Waals surface area contributed by atoms with E-state index in [0.717, 1.165) is 37.1 Å². The van der Waals surface area contributed by atoms with Crippen molar-refractivity contribution in [3.8, 4) is 34.4 Å². The molecule has 1 fully saturated rings. The Morgan fingerprint density at radius 1 is 1.10 bits per heavy atom. The summed E-state index contributed by atoms with van der Waals surface area (Å²) in [7, 11) is 0. The number of anilines is 1. The highest BCUT2D eigenvalue weighted by molar-refractivity contribution is 7.98. The van der Waals surface area contributed by atoms with Crippen molar-refractivity contribution in [1.82, 2.24) is 9.97 Å². The number of ether oxygens (including phenoxy) is 1. The molecule has 0 atom stereocenters. The molecule has 39 heavy (non-hydrogen) atoms. The van der Waals surface area contributed by atoms with Gasteiger partial charge in [-0.05, 0) is 54.8 Å². The zero-order valence-corrected chi connectivity index (χ0v) is 22.5. The molecular weight excluding hydrogens is 534 g/mol. The van der Waals surface area contributed by atoms with Crippen LogP contribution in [0.3, 0.4) is 0 Å². The zero-order chi connectivity index (χ0) is 27.2. The summed E-state index contributed by atoms with van der Waals surface area (Å²) < 4.78 is 11.2. The molecule has 4 aromatic rings. The lowest BCUT2D eigenvalue weighted by atomic mass is 9.99. The molecule has 0 radical (unpaired) electrons. The topological polar surface area (TPSA) is 99.8 Å². The van der Waals surface area contributed by atoms with E-state index in [1.165, 1.54) is 11.8 Å². The summed E-state index contributed by atoms with van der Waals surface area (Å²) in [5.74, 6) is 2.12. The molecule has 1 N–H and O–H groups in total. The first-order valence-electron chi connectivity index (χ1n) is 12.4. The first-order chi connectivity index (χ1) is 19.1. The van der Waals surface area contributed by atoms with Crippen molar-refractivity contribution >= 4 is 34.9 Å². The van der Waals surface area contributed by atoms with Gasteiger partial charge in [-0.3, -0.25) is 0 Å². The molecular formula is C29H24ClN5O3S. The van der Waals surface area contributed by atoms with Crippen LogP contribution in [0.25, 0.3) is 27.4 Å². The minimum absolute atomic E-state index is 0.0843. The molecule has 1 aliphatic rings. The van der Waals surface area contributed by atoms with Crippen LogP contribution in [-0.4, -0.2) is 41.4 Å². The third kappa shape index (κ3) is 5.86. The van der Waals surface area contributed by atoms with Gasteiger partial charge in [0.1, 0.15) is 35.5 Å². The second kappa shape index (κ2) is 12.2. The summed E-state index contributed by atoms with van der Waals surface area (Å²) in [4.78, 5) is 15.4. The summed E-state index contributed by atoms with van der Waals surface area (Å²) in [6, 6.07) is 16.8. The molecule has 1 saturated heterocycles. The van der Waals surface area contributed by atoms with E-state index in [2.05, 4.69) is 20.8 Å². The van der Waals surface area contributed by atoms with Crippen LogP contribution in [0.4, 0.5) is 11.5 Å². The van der Waals surface area contributed by atoms with E-state index in [9.17, 15) is 5.26 Å². The third-order valence-corrected chi connectivity index (χ3v) is 7.51. The second-order valence-corrected chi connectivity index (χ2v) is 10.2. The van der Waals surface area contributed by atoms with Crippen LogP contribution in [0, 0.1) is 17.9 Å². The van der Waals surface area contributed by atoms with E-state index in [0.29, 0.717) is 55.8 Å². The lowest BCUT2D eigenvalue weighted by Gasteiger charge is -2.22. The number of hydrogen-bond acceptors (Lipinski definition) is 8. The lowest BCUT2D eigenvalue weighted by Crippen LogP contribution is -2.20. The van der Waals surface area contributed by atoms with Crippen molar-refractivity contribution in [3.63, 3.8) is 0 Å². The average molecular weight is 558 g/mol. The van der Waals surface area contributed by atoms with Gasteiger partial charge in [0.15, 0.2) is 0 Å². The van der Waals surface area contributed by atoms with E-state index in [1.807, 2.05) is 24.3 Å². The van der Waals surface area contributed by atoms with Crippen LogP contribution in [-0.2, 0) is 5.75 Å². The number of benzene rings is 2. The fourth-order valence-electron chi connectivity index (χ4n) is 4.41. The lowest BCUT2D eigenvalue weighted by molar-refractivity contribution is 0.201. The summed E-state index contributed by atoms with van der Waals surface area (Å²) >= 11 is 7.38. The van der Waals surface area contributed by atoms with Gasteiger partial charge in [0.2, 0.25) is 11.6 Å². The van der Waals surface area contributed by atoms with Gasteiger partial charge in [-0.1, -0.05) is 35.5 Å². The minimum atomic E-state index is -0.0843. The van der Waals surface area contributed by atoms with Crippen LogP contribution < -0.4 is 9.64 Å². The Hall–Kier alpha value is -4.02. The van der Waals surface area contributed by atoms with Crippen molar-refractivity contribution in [2.75, 3.05) is 31.2 Å². The molecule has 10 heteroatoms. The van der Waals surface area contributed by atoms with Gasteiger partial charge in [0.05, 0.1) is 24.4 Å². The van der Waals surface area contributed by atoms with Gasteiger partial charge < -0.3 is 19.2 Å². The number of aliphatic hydroxyl groups is 1. The van der Waals surface area contributed by atoms with Crippen LogP contribution in [0.1, 0.15) is 24.1 Å². The van der Waals surface area contributed by atoms with Crippen molar-refractivity contribution in [2.24, 2.45) is 0 Å². The molecule has 3 heterocycles. The molecule has 0 unspecified atom stereocenters. The van der Waals surface area contributed by atoms with Crippen molar-refractivity contribution in [2.45, 2.75) is 23.6 Å². The maximum atomic E-state index is 10.3. The monoisotopic (exact) mass is 557 g/mol. The number of nitriles is 1. The van der Waals surface area contributed by atoms with E-state index >= 15 is 0 Å².